The van der Waals surface area contributed by atoms with Crippen molar-refractivity contribution in [1.82, 2.24) is 9.59 Å². The van der Waals surface area contributed by atoms with E-state index >= 15 is 0 Å². The van der Waals surface area contributed by atoms with Crippen LogP contribution < -0.4 is 5.32 Å². The minimum absolute atomic E-state index is 0.568. The van der Waals surface area contributed by atoms with Crippen molar-refractivity contribution in [2.24, 2.45) is 23.2 Å². The molecule has 4 aliphatic rings. The van der Waals surface area contributed by atoms with Crippen LogP contribution in [-0.2, 0) is 0 Å². The molecule has 0 aromatic carbocycles. The standard InChI is InChI=1S/C14H21N3S/c1-9(16-13-8-15-17-18-13)14-5-10-2-11(6-14)4-12(3-10)7-14/h8-12,16H,2-7H2,1H3. The average Bonchev–Trinajstić information content (AvgIpc) is 2.79. The van der Waals surface area contributed by atoms with E-state index in [0.29, 0.717) is 11.5 Å². The predicted molar refractivity (Wildman–Crippen MR) is 73.6 cm³/mol. The Hall–Kier alpha value is -0.640. The molecule has 18 heavy (non-hydrogen) atoms. The molecule has 1 N–H and O–H groups in total. The van der Waals surface area contributed by atoms with Gasteiger partial charge in [-0.3, -0.25) is 0 Å². The van der Waals surface area contributed by atoms with E-state index in [1.165, 1.54) is 50.1 Å². The van der Waals surface area contributed by atoms with Crippen LogP contribution in [0.5, 0.6) is 0 Å². The molecule has 0 aliphatic heterocycles. The van der Waals surface area contributed by atoms with Gasteiger partial charge in [-0.15, -0.1) is 5.10 Å². The first-order valence-corrected chi connectivity index (χ1v) is 8.05. The topological polar surface area (TPSA) is 37.8 Å². The highest BCUT2D eigenvalue weighted by Gasteiger charge is 2.53. The largest absolute Gasteiger partial charge is 0.371 e. The van der Waals surface area contributed by atoms with Gasteiger partial charge in [0.05, 0.1) is 6.20 Å². The third-order valence-electron chi connectivity index (χ3n) is 5.72. The van der Waals surface area contributed by atoms with Crippen molar-refractivity contribution in [3.8, 4) is 0 Å². The SMILES string of the molecule is CC(Nc1cnns1)C12CC3CC(CC(C3)C1)C2. The Morgan fingerprint density at radius 3 is 2.33 bits per heavy atom. The number of anilines is 1. The fraction of sp³-hybridized carbons (Fsp3) is 0.857. The molecule has 4 bridgehead atoms. The van der Waals surface area contributed by atoms with E-state index < -0.39 is 0 Å². The Kier molecular flexibility index (Phi) is 2.44. The highest BCUT2D eigenvalue weighted by Crippen LogP contribution is 2.61. The van der Waals surface area contributed by atoms with Crippen LogP contribution in [0, 0.1) is 23.2 Å². The molecule has 4 aliphatic carbocycles. The van der Waals surface area contributed by atoms with Crippen LogP contribution in [0.15, 0.2) is 6.20 Å². The molecule has 1 aromatic heterocycles. The predicted octanol–water partition coefficient (Wildman–Crippen LogP) is 3.55. The van der Waals surface area contributed by atoms with Crippen molar-refractivity contribution in [1.29, 1.82) is 0 Å². The molecule has 0 amide bonds. The Labute approximate surface area is 113 Å². The Balaban J connectivity index is 1.56. The molecule has 0 spiro atoms. The quantitative estimate of drug-likeness (QED) is 0.906. The molecule has 1 aromatic rings. The molecule has 4 heteroatoms. The smallest absolute Gasteiger partial charge is 0.130 e. The molecule has 4 fully saturated rings. The average molecular weight is 263 g/mol. The molecule has 4 saturated carbocycles. The fourth-order valence-electron chi connectivity index (χ4n) is 5.31. The number of hydrogen-bond acceptors (Lipinski definition) is 4. The second-order valence-electron chi connectivity index (χ2n) is 6.93. The van der Waals surface area contributed by atoms with Gasteiger partial charge in [0.25, 0.3) is 0 Å². The monoisotopic (exact) mass is 263 g/mol. The minimum atomic E-state index is 0.568. The molecule has 0 radical (unpaired) electrons. The van der Waals surface area contributed by atoms with Gasteiger partial charge >= 0.3 is 0 Å². The van der Waals surface area contributed by atoms with Crippen LogP contribution in [0.2, 0.25) is 0 Å². The van der Waals surface area contributed by atoms with Gasteiger partial charge in [0.15, 0.2) is 0 Å². The van der Waals surface area contributed by atoms with Crippen molar-refractivity contribution in [3.05, 3.63) is 6.20 Å². The van der Waals surface area contributed by atoms with Gasteiger partial charge in [-0.05, 0) is 68.6 Å². The highest BCUT2D eigenvalue weighted by atomic mass is 32.1. The van der Waals surface area contributed by atoms with Gasteiger partial charge in [0.1, 0.15) is 5.00 Å². The molecule has 1 unspecified atom stereocenters. The van der Waals surface area contributed by atoms with E-state index in [2.05, 4.69) is 21.8 Å². The Morgan fingerprint density at radius 1 is 1.22 bits per heavy atom. The van der Waals surface area contributed by atoms with Gasteiger partial charge < -0.3 is 5.32 Å². The summed E-state index contributed by atoms with van der Waals surface area (Å²) < 4.78 is 3.95. The van der Waals surface area contributed by atoms with E-state index in [1.807, 2.05) is 6.20 Å². The van der Waals surface area contributed by atoms with Crippen molar-refractivity contribution >= 4 is 16.5 Å². The lowest BCUT2D eigenvalue weighted by Crippen LogP contribution is -2.52. The van der Waals surface area contributed by atoms with Crippen LogP contribution in [0.3, 0.4) is 0 Å². The molecule has 5 rings (SSSR count). The maximum Gasteiger partial charge on any atom is 0.130 e. The maximum absolute atomic E-state index is 3.95. The number of hydrogen-bond donors (Lipinski definition) is 1. The van der Waals surface area contributed by atoms with Crippen LogP contribution in [0.1, 0.15) is 45.4 Å². The summed E-state index contributed by atoms with van der Waals surface area (Å²) in [6.07, 6.45) is 10.8. The van der Waals surface area contributed by atoms with E-state index in [0.717, 1.165) is 22.8 Å². The molecule has 98 valence electrons. The second kappa shape index (κ2) is 3.92. The zero-order valence-corrected chi connectivity index (χ0v) is 11.7. The first kappa shape index (κ1) is 11.2. The molecule has 1 heterocycles. The van der Waals surface area contributed by atoms with E-state index in [4.69, 9.17) is 0 Å². The third-order valence-corrected chi connectivity index (χ3v) is 6.32. The summed E-state index contributed by atoms with van der Waals surface area (Å²) in [5, 5.41) is 8.74. The lowest BCUT2D eigenvalue weighted by atomic mass is 9.48. The van der Waals surface area contributed by atoms with Gasteiger partial charge in [0, 0.05) is 17.6 Å². The van der Waals surface area contributed by atoms with Crippen LogP contribution in [-0.4, -0.2) is 15.6 Å². The molecular formula is C14H21N3S. The van der Waals surface area contributed by atoms with E-state index in [9.17, 15) is 0 Å². The van der Waals surface area contributed by atoms with E-state index in [-0.39, 0.29) is 0 Å². The minimum Gasteiger partial charge on any atom is -0.371 e. The number of nitrogens with one attached hydrogen (secondary N) is 1. The summed E-state index contributed by atoms with van der Waals surface area (Å²) in [5.41, 5.74) is 0.568. The summed E-state index contributed by atoms with van der Waals surface area (Å²) in [7, 11) is 0. The zero-order valence-electron chi connectivity index (χ0n) is 10.9. The van der Waals surface area contributed by atoms with Crippen molar-refractivity contribution < 1.29 is 0 Å². The summed E-state index contributed by atoms with van der Waals surface area (Å²) in [4.78, 5) is 0. The normalized spacial score (nSPS) is 43.1. The van der Waals surface area contributed by atoms with Gasteiger partial charge in [-0.25, -0.2) is 0 Å². The molecule has 1 atom stereocenters. The number of nitrogens with zero attached hydrogens (tertiary/aromatic N) is 2. The van der Waals surface area contributed by atoms with Crippen molar-refractivity contribution in [2.75, 3.05) is 5.32 Å². The third kappa shape index (κ3) is 1.68. The number of rotatable bonds is 3. The van der Waals surface area contributed by atoms with E-state index in [1.54, 1.807) is 0 Å². The second-order valence-corrected chi connectivity index (χ2v) is 7.71. The van der Waals surface area contributed by atoms with Crippen molar-refractivity contribution in [3.63, 3.8) is 0 Å². The molecule has 0 saturated heterocycles. The fourth-order valence-corrected chi connectivity index (χ4v) is 5.81. The van der Waals surface area contributed by atoms with Crippen molar-refractivity contribution in [2.45, 2.75) is 51.5 Å². The molecular weight excluding hydrogens is 242 g/mol. The maximum atomic E-state index is 3.95. The molecule has 3 nitrogen and oxygen atoms in total. The highest BCUT2D eigenvalue weighted by molar-refractivity contribution is 7.09. The lowest BCUT2D eigenvalue weighted by molar-refractivity contribution is -0.0602. The van der Waals surface area contributed by atoms with Crippen LogP contribution in [0.25, 0.3) is 0 Å². The zero-order chi connectivity index (χ0) is 12.2. The van der Waals surface area contributed by atoms with Gasteiger partial charge in [0.2, 0.25) is 0 Å². The number of aromatic nitrogens is 2. The van der Waals surface area contributed by atoms with Gasteiger partial charge in [-0.1, -0.05) is 4.49 Å². The first-order valence-electron chi connectivity index (χ1n) is 7.27. The summed E-state index contributed by atoms with van der Waals surface area (Å²) in [6.45, 7) is 2.38. The van der Waals surface area contributed by atoms with Crippen LogP contribution >= 0.6 is 11.5 Å². The Bertz CT molecular complexity index is 393. The summed E-state index contributed by atoms with van der Waals surface area (Å²) >= 11 is 1.48. The lowest BCUT2D eigenvalue weighted by Gasteiger charge is -2.59. The Morgan fingerprint density at radius 2 is 1.83 bits per heavy atom. The summed E-state index contributed by atoms with van der Waals surface area (Å²) in [5.74, 6) is 3.08. The van der Waals surface area contributed by atoms with Crippen LogP contribution in [0.4, 0.5) is 5.00 Å². The van der Waals surface area contributed by atoms with Gasteiger partial charge in [-0.2, -0.15) is 0 Å². The summed E-state index contributed by atoms with van der Waals surface area (Å²) in [6, 6.07) is 0.577. The first-order chi connectivity index (χ1) is 8.73.